The zero-order chi connectivity index (χ0) is 25.3. The predicted molar refractivity (Wildman–Crippen MR) is 135 cm³/mol. The zero-order valence-electron chi connectivity index (χ0n) is 19.9. The van der Waals surface area contributed by atoms with Crippen molar-refractivity contribution >= 4 is 21.4 Å². The van der Waals surface area contributed by atoms with E-state index in [4.69, 9.17) is 9.47 Å². The Balaban J connectivity index is 1.41. The van der Waals surface area contributed by atoms with Crippen LogP contribution < -0.4 is 13.8 Å². The molecule has 0 aromatic heterocycles. The molecule has 0 atom stereocenters. The van der Waals surface area contributed by atoms with Gasteiger partial charge in [-0.15, -0.1) is 0 Å². The monoisotopic (exact) mass is 509 g/mol. The van der Waals surface area contributed by atoms with Gasteiger partial charge >= 0.3 is 0 Å². The number of benzene rings is 3. The summed E-state index contributed by atoms with van der Waals surface area (Å²) in [6.45, 7) is 3.69. The second-order valence-electron chi connectivity index (χ2n) is 9.04. The van der Waals surface area contributed by atoms with Crippen molar-refractivity contribution in [2.45, 2.75) is 37.2 Å². The third kappa shape index (κ3) is 4.74. The number of piperidine rings is 1. The van der Waals surface area contributed by atoms with Crippen molar-refractivity contribution in [2.24, 2.45) is 0 Å². The van der Waals surface area contributed by atoms with Gasteiger partial charge in [-0.25, -0.2) is 8.42 Å². The molecule has 36 heavy (non-hydrogen) atoms. The van der Waals surface area contributed by atoms with Crippen LogP contribution in [0.4, 0.5) is 11.4 Å². The molecule has 0 N–H and O–H groups in total. The van der Waals surface area contributed by atoms with Crippen molar-refractivity contribution in [2.75, 3.05) is 24.2 Å². The molecule has 2 aliphatic heterocycles. The number of hydrogen-bond acceptors (Lipinski definition) is 7. The highest BCUT2D eigenvalue weighted by Gasteiger charge is 2.35. The molecule has 1 fully saturated rings. The average molecular weight is 510 g/mol. The van der Waals surface area contributed by atoms with Gasteiger partial charge < -0.3 is 9.47 Å². The molecule has 0 aliphatic carbocycles. The molecule has 3 aromatic rings. The van der Waals surface area contributed by atoms with Gasteiger partial charge in [-0.2, -0.15) is 0 Å². The Morgan fingerprint density at radius 3 is 2.42 bits per heavy atom. The van der Waals surface area contributed by atoms with E-state index in [2.05, 4.69) is 4.90 Å². The number of hydrogen-bond donors (Lipinski definition) is 0. The SMILES string of the molecule is Cc1ccc(S(=O)(=O)N(c2ccc3c(c2)OCO3)C2CCN(Cc3ccccc3[N+](=O)[O-])CC2)cc1. The highest BCUT2D eigenvalue weighted by molar-refractivity contribution is 7.92. The molecule has 1 saturated heterocycles. The summed E-state index contributed by atoms with van der Waals surface area (Å²) in [6.07, 6.45) is 1.17. The standard InChI is InChI=1S/C26H27N3O6S/c1-19-6-9-23(10-7-19)36(32,33)28(22-8-11-25-26(16-22)35-18-34-25)21-12-14-27(15-13-21)17-20-4-2-3-5-24(20)29(30)31/h2-11,16,21H,12-15,17-18H2,1H3. The molecular weight excluding hydrogens is 482 g/mol. The summed E-state index contributed by atoms with van der Waals surface area (Å²) in [5.41, 5.74) is 2.26. The van der Waals surface area contributed by atoms with Crippen molar-refractivity contribution in [3.05, 3.63) is 88.0 Å². The molecule has 0 saturated carbocycles. The summed E-state index contributed by atoms with van der Waals surface area (Å²) >= 11 is 0. The summed E-state index contributed by atoms with van der Waals surface area (Å²) in [5, 5.41) is 11.4. The molecule has 0 unspecified atom stereocenters. The number of fused-ring (bicyclic) bond motifs is 1. The third-order valence-electron chi connectivity index (χ3n) is 6.66. The lowest BCUT2D eigenvalue weighted by Gasteiger charge is -2.39. The van der Waals surface area contributed by atoms with Crippen LogP contribution in [0.3, 0.4) is 0 Å². The smallest absolute Gasteiger partial charge is 0.273 e. The van der Waals surface area contributed by atoms with E-state index in [1.165, 1.54) is 10.4 Å². The Morgan fingerprint density at radius 2 is 1.69 bits per heavy atom. The number of aryl methyl sites for hydroxylation is 1. The van der Waals surface area contributed by atoms with Crippen LogP contribution in [0.5, 0.6) is 11.5 Å². The Labute approximate surface area is 210 Å². The normalized spacial score (nSPS) is 16.1. The first kappa shape index (κ1) is 24.1. The number of nitro benzene ring substituents is 1. The van der Waals surface area contributed by atoms with Crippen molar-refractivity contribution in [3.8, 4) is 11.5 Å². The minimum absolute atomic E-state index is 0.101. The van der Waals surface area contributed by atoms with E-state index in [0.29, 0.717) is 55.2 Å². The van der Waals surface area contributed by atoms with Gasteiger partial charge in [0, 0.05) is 43.4 Å². The van der Waals surface area contributed by atoms with E-state index in [0.717, 1.165) is 5.56 Å². The maximum Gasteiger partial charge on any atom is 0.273 e. The van der Waals surface area contributed by atoms with Gasteiger partial charge in [0.25, 0.3) is 15.7 Å². The first-order chi connectivity index (χ1) is 17.3. The molecule has 0 spiro atoms. The second-order valence-corrected chi connectivity index (χ2v) is 10.9. The quantitative estimate of drug-likeness (QED) is 0.341. The molecule has 10 heteroatoms. The van der Waals surface area contributed by atoms with Gasteiger partial charge in [-0.05, 0) is 44.0 Å². The summed E-state index contributed by atoms with van der Waals surface area (Å²) < 4.78 is 40.2. The van der Waals surface area contributed by atoms with Crippen LogP contribution in [0.1, 0.15) is 24.0 Å². The van der Waals surface area contributed by atoms with Crippen LogP contribution in [0.15, 0.2) is 71.6 Å². The Hall–Kier alpha value is -3.63. The number of sulfonamides is 1. The largest absolute Gasteiger partial charge is 0.454 e. The lowest BCUT2D eigenvalue weighted by Crippen LogP contribution is -2.47. The van der Waals surface area contributed by atoms with Crippen LogP contribution in [0.25, 0.3) is 0 Å². The summed E-state index contributed by atoms with van der Waals surface area (Å²) in [5.74, 6) is 1.11. The minimum atomic E-state index is -3.85. The van der Waals surface area contributed by atoms with Crippen molar-refractivity contribution < 1.29 is 22.8 Å². The van der Waals surface area contributed by atoms with E-state index in [1.54, 1.807) is 60.7 Å². The van der Waals surface area contributed by atoms with Crippen LogP contribution >= 0.6 is 0 Å². The number of nitrogens with zero attached hydrogens (tertiary/aromatic N) is 3. The lowest BCUT2D eigenvalue weighted by molar-refractivity contribution is -0.385. The second kappa shape index (κ2) is 9.79. The van der Waals surface area contributed by atoms with E-state index in [1.807, 2.05) is 6.92 Å². The molecule has 2 aliphatic rings. The highest BCUT2D eigenvalue weighted by atomic mass is 32.2. The number of anilines is 1. The average Bonchev–Trinajstić information content (AvgIpc) is 3.34. The topological polar surface area (TPSA) is 102 Å². The number of nitro groups is 1. The summed E-state index contributed by atoms with van der Waals surface area (Å²) in [6, 6.07) is 18.5. The highest BCUT2D eigenvalue weighted by Crippen LogP contribution is 2.39. The fourth-order valence-corrected chi connectivity index (χ4v) is 6.47. The molecule has 2 heterocycles. The number of rotatable bonds is 7. The van der Waals surface area contributed by atoms with E-state index >= 15 is 0 Å². The minimum Gasteiger partial charge on any atom is -0.454 e. The number of ether oxygens (including phenoxy) is 2. The molecule has 0 bridgehead atoms. The van der Waals surface area contributed by atoms with E-state index in [-0.39, 0.29) is 28.3 Å². The first-order valence-electron chi connectivity index (χ1n) is 11.8. The molecular formula is C26H27N3O6S. The summed E-state index contributed by atoms with van der Waals surface area (Å²) in [4.78, 5) is 13.4. The molecule has 5 rings (SSSR count). The Bertz CT molecular complexity index is 1370. The van der Waals surface area contributed by atoms with Crippen LogP contribution in [-0.2, 0) is 16.6 Å². The van der Waals surface area contributed by atoms with Gasteiger partial charge in [-0.3, -0.25) is 19.3 Å². The molecule has 0 radical (unpaired) electrons. The number of para-hydroxylation sites is 1. The summed E-state index contributed by atoms with van der Waals surface area (Å²) in [7, 11) is -3.85. The van der Waals surface area contributed by atoms with E-state index < -0.39 is 10.0 Å². The lowest BCUT2D eigenvalue weighted by atomic mass is 10.0. The van der Waals surface area contributed by atoms with Gasteiger partial charge in [-0.1, -0.05) is 35.9 Å². The molecule has 0 amide bonds. The fourth-order valence-electron chi connectivity index (χ4n) is 4.77. The third-order valence-corrected chi connectivity index (χ3v) is 8.55. The van der Waals surface area contributed by atoms with Gasteiger partial charge in [0.05, 0.1) is 15.5 Å². The Morgan fingerprint density at radius 1 is 1.00 bits per heavy atom. The van der Waals surface area contributed by atoms with Crippen molar-refractivity contribution in [3.63, 3.8) is 0 Å². The van der Waals surface area contributed by atoms with Gasteiger partial charge in [0.1, 0.15) is 0 Å². The van der Waals surface area contributed by atoms with Crippen molar-refractivity contribution in [1.82, 2.24) is 4.90 Å². The number of likely N-dealkylation sites (tertiary alicyclic amines) is 1. The molecule has 188 valence electrons. The van der Waals surface area contributed by atoms with Crippen LogP contribution in [0, 0.1) is 17.0 Å². The van der Waals surface area contributed by atoms with Crippen molar-refractivity contribution in [1.29, 1.82) is 0 Å². The van der Waals surface area contributed by atoms with Crippen LogP contribution in [-0.4, -0.2) is 44.2 Å². The zero-order valence-corrected chi connectivity index (χ0v) is 20.7. The van der Waals surface area contributed by atoms with Crippen LogP contribution in [0.2, 0.25) is 0 Å². The van der Waals surface area contributed by atoms with E-state index in [9.17, 15) is 18.5 Å². The fraction of sp³-hybridized carbons (Fsp3) is 0.308. The first-order valence-corrected chi connectivity index (χ1v) is 13.2. The van der Waals surface area contributed by atoms with Gasteiger partial charge in [0.15, 0.2) is 11.5 Å². The maximum atomic E-state index is 13.9. The Kier molecular flexibility index (Phi) is 6.55. The van der Waals surface area contributed by atoms with Gasteiger partial charge in [0.2, 0.25) is 6.79 Å². The predicted octanol–water partition coefficient (Wildman–Crippen LogP) is 4.49. The molecule has 3 aromatic carbocycles. The maximum absolute atomic E-state index is 13.9. The molecule has 9 nitrogen and oxygen atoms in total.